The lowest BCUT2D eigenvalue weighted by Gasteiger charge is -2.14. The zero-order valence-electron chi connectivity index (χ0n) is 8.86. The molecule has 4 nitrogen and oxygen atoms in total. The Morgan fingerprint density at radius 1 is 1.19 bits per heavy atom. The van der Waals surface area contributed by atoms with E-state index >= 15 is 0 Å². The summed E-state index contributed by atoms with van der Waals surface area (Å²) >= 11 is 0. The molecule has 0 amide bonds. The van der Waals surface area contributed by atoms with Gasteiger partial charge in [-0.25, -0.2) is 0 Å². The summed E-state index contributed by atoms with van der Waals surface area (Å²) in [6, 6.07) is 9.89. The fourth-order valence-corrected chi connectivity index (χ4v) is 2.16. The topological polar surface area (TPSA) is 49.8 Å². The van der Waals surface area contributed by atoms with Crippen LogP contribution < -0.4 is 10.9 Å². The number of nitrogens with one attached hydrogen (secondary N) is 2. The van der Waals surface area contributed by atoms with E-state index in [1.807, 2.05) is 35.0 Å². The van der Waals surface area contributed by atoms with Crippen molar-refractivity contribution in [2.75, 3.05) is 6.54 Å². The number of aromatic nitrogens is 2. The minimum atomic E-state index is 0.0420. The van der Waals surface area contributed by atoms with E-state index in [0.717, 1.165) is 36.5 Å². The molecular weight excluding hydrogens is 202 g/mol. The maximum Gasteiger partial charge on any atom is 0.267 e. The minimum Gasteiger partial charge on any atom is -0.311 e. The molecule has 0 saturated carbocycles. The highest BCUT2D eigenvalue weighted by molar-refractivity contribution is 5.35. The molecular formula is C12H13N3O. The van der Waals surface area contributed by atoms with E-state index in [4.69, 9.17) is 0 Å². The van der Waals surface area contributed by atoms with Gasteiger partial charge in [-0.1, -0.05) is 18.2 Å². The van der Waals surface area contributed by atoms with Crippen molar-refractivity contribution in [1.82, 2.24) is 15.1 Å². The first kappa shape index (κ1) is 9.42. The van der Waals surface area contributed by atoms with E-state index < -0.39 is 0 Å². The van der Waals surface area contributed by atoms with E-state index in [1.54, 1.807) is 0 Å². The van der Waals surface area contributed by atoms with Crippen molar-refractivity contribution < 1.29 is 0 Å². The molecule has 2 aromatic rings. The first-order valence-corrected chi connectivity index (χ1v) is 5.45. The van der Waals surface area contributed by atoms with Crippen LogP contribution in [0.4, 0.5) is 0 Å². The second-order valence-electron chi connectivity index (χ2n) is 3.96. The average molecular weight is 215 g/mol. The standard InChI is InChI=1S/C12H13N3O/c16-12-10-6-7-13-8-11(10)15(14-12)9-4-2-1-3-5-9/h1-5,13H,6-8H2,(H,14,16). The fourth-order valence-electron chi connectivity index (χ4n) is 2.16. The van der Waals surface area contributed by atoms with Crippen molar-refractivity contribution >= 4 is 0 Å². The molecule has 1 aliphatic heterocycles. The Hall–Kier alpha value is -1.81. The number of benzene rings is 1. The first-order chi connectivity index (χ1) is 7.86. The second kappa shape index (κ2) is 3.64. The van der Waals surface area contributed by atoms with Crippen molar-refractivity contribution in [3.05, 3.63) is 51.9 Å². The van der Waals surface area contributed by atoms with Gasteiger partial charge in [0.1, 0.15) is 0 Å². The SMILES string of the molecule is O=c1[nH]n(-c2ccccc2)c2c1CCNC2. The maximum absolute atomic E-state index is 11.8. The highest BCUT2D eigenvalue weighted by Gasteiger charge is 2.18. The van der Waals surface area contributed by atoms with Gasteiger partial charge >= 0.3 is 0 Å². The Kier molecular flexibility index (Phi) is 2.15. The average Bonchev–Trinajstić information content (AvgIpc) is 2.69. The molecule has 0 unspecified atom stereocenters. The minimum absolute atomic E-state index is 0.0420. The van der Waals surface area contributed by atoms with Crippen LogP contribution in [-0.2, 0) is 13.0 Å². The lowest BCUT2D eigenvalue weighted by atomic mass is 10.1. The van der Waals surface area contributed by atoms with Crippen molar-refractivity contribution in [3.8, 4) is 5.69 Å². The normalized spacial score (nSPS) is 14.8. The highest BCUT2D eigenvalue weighted by Crippen LogP contribution is 2.14. The zero-order valence-corrected chi connectivity index (χ0v) is 8.86. The highest BCUT2D eigenvalue weighted by atomic mass is 16.1. The molecule has 4 heteroatoms. The Morgan fingerprint density at radius 3 is 2.81 bits per heavy atom. The molecule has 3 rings (SSSR count). The summed E-state index contributed by atoms with van der Waals surface area (Å²) in [7, 11) is 0. The molecule has 2 N–H and O–H groups in total. The lowest BCUT2D eigenvalue weighted by molar-refractivity contribution is 0.614. The third-order valence-electron chi connectivity index (χ3n) is 2.96. The quantitative estimate of drug-likeness (QED) is 0.739. The van der Waals surface area contributed by atoms with E-state index in [2.05, 4.69) is 10.4 Å². The van der Waals surface area contributed by atoms with Crippen LogP contribution in [0.25, 0.3) is 5.69 Å². The molecule has 2 heterocycles. The van der Waals surface area contributed by atoms with Gasteiger partial charge in [0, 0.05) is 12.1 Å². The van der Waals surface area contributed by atoms with Crippen LogP contribution in [0.1, 0.15) is 11.3 Å². The van der Waals surface area contributed by atoms with E-state index in [-0.39, 0.29) is 5.56 Å². The van der Waals surface area contributed by atoms with Crippen LogP contribution in [0, 0.1) is 0 Å². The van der Waals surface area contributed by atoms with E-state index in [1.165, 1.54) is 0 Å². The van der Waals surface area contributed by atoms with Gasteiger partial charge < -0.3 is 5.32 Å². The van der Waals surface area contributed by atoms with Gasteiger partial charge in [-0.15, -0.1) is 0 Å². The van der Waals surface area contributed by atoms with Crippen LogP contribution >= 0.6 is 0 Å². The summed E-state index contributed by atoms with van der Waals surface area (Å²) in [5.41, 5.74) is 3.02. The molecule has 0 spiro atoms. The largest absolute Gasteiger partial charge is 0.311 e. The molecule has 16 heavy (non-hydrogen) atoms. The van der Waals surface area contributed by atoms with Gasteiger partial charge in [-0.05, 0) is 25.1 Å². The number of hydrogen-bond acceptors (Lipinski definition) is 2. The molecule has 0 fully saturated rings. The molecule has 0 aliphatic carbocycles. The van der Waals surface area contributed by atoms with E-state index in [0.29, 0.717) is 0 Å². The van der Waals surface area contributed by atoms with Crippen molar-refractivity contribution in [2.24, 2.45) is 0 Å². The summed E-state index contributed by atoms with van der Waals surface area (Å²) < 4.78 is 1.88. The van der Waals surface area contributed by atoms with Crippen LogP contribution in [0.2, 0.25) is 0 Å². The number of H-pyrrole nitrogens is 1. The van der Waals surface area contributed by atoms with Gasteiger partial charge in [0.25, 0.3) is 5.56 Å². The van der Waals surface area contributed by atoms with Gasteiger partial charge in [0.2, 0.25) is 0 Å². The molecule has 0 radical (unpaired) electrons. The third-order valence-corrected chi connectivity index (χ3v) is 2.96. The number of fused-ring (bicyclic) bond motifs is 1. The number of rotatable bonds is 1. The van der Waals surface area contributed by atoms with Crippen LogP contribution in [0.5, 0.6) is 0 Å². The summed E-state index contributed by atoms with van der Waals surface area (Å²) in [4.78, 5) is 11.8. The number of nitrogens with zero attached hydrogens (tertiary/aromatic N) is 1. The first-order valence-electron chi connectivity index (χ1n) is 5.45. The number of hydrogen-bond donors (Lipinski definition) is 2. The van der Waals surface area contributed by atoms with Crippen molar-refractivity contribution in [1.29, 1.82) is 0 Å². The zero-order chi connectivity index (χ0) is 11.0. The molecule has 82 valence electrons. The van der Waals surface area contributed by atoms with Gasteiger partial charge in [0.15, 0.2) is 0 Å². The van der Waals surface area contributed by atoms with Crippen molar-refractivity contribution in [3.63, 3.8) is 0 Å². The molecule has 0 bridgehead atoms. The van der Waals surface area contributed by atoms with E-state index in [9.17, 15) is 4.79 Å². The molecule has 1 aromatic heterocycles. The Balaban J connectivity index is 2.19. The van der Waals surface area contributed by atoms with Crippen molar-refractivity contribution in [2.45, 2.75) is 13.0 Å². The molecule has 1 aromatic carbocycles. The fraction of sp³-hybridized carbons (Fsp3) is 0.250. The Labute approximate surface area is 92.9 Å². The maximum atomic E-state index is 11.8. The van der Waals surface area contributed by atoms with Gasteiger partial charge in [-0.3, -0.25) is 14.6 Å². The smallest absolute Gasteiger partial charge is 0.267 e. The van der Waals surface area contributed by atoms with Crippen LogP contribution in [0.3, 0.4) is 0 Å². The summed E-state index contributed by atoms with van der Waals surface area (Å²) in [6.07, 6.45) is 0.810. The molecule has 0 atom stereocenters. The number of para-hydroxylation sites is 1. The predicted molar refractivity (Wildman–Crippen MR) is 61.8 cm³/mol. The Morgan fingerprint density at radius 2 is 2.00 bits per heavy atom. The number of aromatic amines is 1. The van der Waals surface area contributed by atoms with Gasteiger partial charge in [-0.2, -0.15) is 0 Å². The second-order valence-corrected chi connectivity index (χ2v) is 3.96. The Bertz CT molecular complexity index is 553. The lowest BCUT2D eigenvalue weighted by Crippen LogP contribution is -2.26. The third kappa shape index (κ3) is 1.39. The molecule has 1 aliphatic rings. The van der Waals surface area contributed by atoms with Gasteiger partial charge in [0.05, 0.1) is 11.4 Å². The van der Waals surface area contributed by atoms with Crippen LogP contribution in [-0.4, -0.2) is 16.3 Å². The molecule has 0 saturated heterocycles. The predicted octanol–water partition coefficient (Wildman–Crippen LogP) is 0.811. The summed E-state index contributed by atoms with van der Waals surface area (Å²) in [6.45, 7) is 1.64. The summed E-state index contributed by atoms with van der Waals surface area (Å²) in [5.74, 6) is 0. The summed E-state index contributed by atoms with van der Waals surface area (Å²) in [5, 5.41) is 6.18. The van der Waals surface area contributed by atoms with Crippen LogP contribution in [0.15, 0.2) is 35.1 Å². The monoisotopic (exact) mass is 215 g/mol.